The summed E-state index contributed by atoms with van der Waals surface area (Å²) in [4.78, 5) is 2.33. The van der Waals surface area contributed by atoms with Gasteiger partial charge in [0.15, 0.2) is 0 Å². The fourth-order valence-corrected chi connectivity index (χ4v) is 6.74. The van der Waals surface area contributed by atoms with E-state index in [1.54, 1.807) is 0 Å². The Kier molecular flexibility index (Phi) is 4.37. The molecule has 3 heterocycles. The zero-order valence-electron chi connectivity index (χ0n) is 9.18. The molecule has 0 aromatic carbocycles. The van der Waals surface area contributed by atoms with Crippen LogP contribution in [0.25, 0.3) is 0 Å². The molecule has 2 atom stereocenters. The first-order valence-electron chi connectivity index (χ1n) is 5.60. The van der Waals surface area contributed by atoms with Crippen LogP contribution >= 0.6 is 48.0 Å². The van der Waals surface area contributed by atoms with Crippen LogP contribution in [0.3, 0.4) is 0 Å². The second-order valence-corrected chi connectivity index (χ2v) is 10.1. The molecule has 0 radical (unpaired) electrons. The Morgan fingerprint density at radius 1 is 1.06 bits per heavy atom. The van der Waals surface area contributed by atoms with Gasteiger partial charge in [0.25, 0.3) is 0 Å². The topological polar surface area (TPSA) is 0 Å². The van der Waals surface area contributed by atoms with Crippen LogP contribution in [0.1, 0.15) is 24.0 Å². The maximum atomic E-state index is 5.59. The van der Waals surface area contributed by atoms with Gasteiger partial charge in [-0.05, 0) is 0 Å². The molecule has 17 heavy (non-hydrogen) atoms. The molecule has 2 saturated heterocycles. The van der Waals surface area contributed by atoms with Crippen molar-refractivity contribution in [1.29, 1.82) is 0 Å². The second kappa shape index (κ2) is 5.64. The van der Waals surface area contributed by atoms with Gasteiger partial charge in [-0.25, -0.2) is 0 Å². The quantitative estimate of drug-likeness (QED) is 0.305. The first-order valence-corrected chi connectivity index (χ1v) is 11.2. The van der Waals surface area contributed by atoms with Gasteiger partial charge in [0, 0.05) is 0 Å². The van der Waals surface area contributed by atoms with Gasteiger partial charge in [0.1, 0.15) is 0 Å². The summed E-state index contributed by atoms with van der Waals surface area (Å²) in [5, 5.41) is 1.61. The number of hydrogen-bond acceptors (Lipinski definition) is 4. The fourth-order valence-electron chi connectivity index (χ4n) is 1.73. The number of hydrogen-bond donors (Lipinski definition) is 0. The third-order valence-electron chi connectivity index (χ3n) is 2.89. The Morgan fingerprint density at radius 3 is 1.82 bits per heavy atom. The van der Waals surface area contributed by atoms with Gasteiger partial charge in [0.2, 0.25) is 0 Å². The van der Waals surface area contributed by atoms with Crippen molar-refractivity contribution < 1.29 is 0 Å². The SMILES string of the molecule is S=C(CC1CS1)c1c[te]cc1C(=S)CC1CS1. The molecular weight excluding hydrogens is 400 g/mol. The maximum absolute atomic E-state index is 5.59. The molecule has 0 spiro atoms. The third kappa shape index (κ3) is 3.58. The van der Waals surface area contributed by atoms with Crippen LogP contribution in [-0.4, -0.2) is 52.2 Å². The Hall–Kier alpha value is 1.15. The summed E-state index contributed by atoms with van der Waals surface area (Å²) in [6.07, 6.45) is 2.19. The fraction of sp³-hybridized carbons (Fsp3) is 0.500. The normalized spacial score (nSPS) is 25.6. The minimum atomic E-state index is -0.101. The molecule has 2 aliphatic heterocycles. The Morgan fingerprint density at radius 2 is 1.47 bits per heavy atom. The molecule has 5 heteroatoms. The van der Waals surface area contributed by atoms with E-state index in [-0.39, 0.29) is 20.4 Å². The van der Waals surface area contributed by atoms with Crippen LogP contribution in [0.5, 0.6) is 0 Å². The van der Waals surface area contributed by atoms with Crippen LogP contribution in [0.15, 0.2) is 8.16 Å². The summed E-state index contributed by atoms with van der Waals surface area (Å²) in [7, 11) is 0. The first-order chi connectivity index (χ1) is 8.24. The van der Waals surface area contributed by atoms with Crippen molar-refractivity contribution in [3.8, 4) is 0 Å². The zero-order chi connectivity index (χ0) is 11.8. The van der Waals surface area contributed by atoms with E-state index in [0.29, 0.717) is 0 Å². The molecule has 2 aliphatic rings. The molecule has 3 rings (SSSR count). The molecule has 0 nitrogen and oxygen atoms in total. The molecule has 0 saturated carbocycles. The third-order valence-corrected chi connectivity index (χ3v) is 7.73. The van der Waals surface area contributed by atoms with Gasteiger partial charge in [-0.1, -0.05) is 0 Å². The van der Waals surface area contributed by atoms with Gasteiger partial charge in [-0.2, -0.15) is 0 Å². The number of rotatable bonds is 6. The van der Waals surface area contributed by atoms with Crippen LogP contribution in [0.4, 0.5) is 0 Å². The molecule has 2 fully saturated rings. The summed E-state index contributed by atoms with van der Waals surface area (Å²) >= 11 is 15.1. The van der Waals surface area contributed by atoms with Crippen LogP contribution in [0, 0.1) is 0 Å². The van der Waals surface area contributed by atoms with Crippen molar-refractivity contribution in [1.82, 2.24) is 0 Å². The van der Waals surface area contributed by atoms with E-state index in [4.69, 9.17) is 24.4 Å². The van der Waals surface area contributed by atoms with Crippen molar-refractivity contribution in [2.24, 2.45) is 0 Å². The van der Waals surface area contributed by atoms with Crippen LogP contribution in [0.2, 0.25) is 0 Å². The molecule has 1 aromatic rings. The summed E-state index contributed by atoms with van der Waals surface area (Å²) in [5.74, 6) is 2.60. The van der Waals surface area contributed by atoms with Gasteiger partial charge >= 0.3 is 132 Å². The van der Waals surface area contributed by atoms with Crippen LogP contribution < -0.4 is 0 Å². The second-order valence-electron chi connectivity index (χ2n) is 4.36. The minimum absolute atomic E-state index is 0.101. The Balaban J connectivity index is 1.72. The van der Waals surface area contributed by atoms with E-state index in [2.05, 4.69) is 8.16 Å². The predicted molar refractivity (Wildman–Crippen MR) is 88.5 cm³/mol. The van der Waals surface area contributed by atoms with Gasteiger partial charge in [0.05, 0.1) is 0 Å². The number of thiocarbonyl (C=S) groups is 2. The van der Waals surface area contributed by atoms with E-state index in [1.165, 1.54) is 32.4 Å². The van der Waals surface area contributed by atoms with Crippen molar-refractivity contribution in [3.05, 3.63) is 19.3 Å². The molecule has 0 amide bonds. The predicted octanol–water partition coefficient (Wildman–Crippen LogP) is 3.19. The average Bonchev–Trinajstić information content (AvgIpc) is 3.21. The Bertz CT molecular complexity index is 416. The average molecular weight is 412 g/mol. The zero-order valence-corrected chi connectivity index (χ0v) is 14.8. The molecule has 90 valence electrons. The summed E-state index contributed by atoms with van der Waals surface area (Å²) in [6, 6.07) is 0. The van der Waals surface area contributed by atoms with Crippen LogP contribution in [-0.2, 0) is 0 Å². The standard InChI is InChI=1S/C12H12S4Te/c13-11(1-7-3-15-7)9-5-17-6-10(9)12(14)2-8-4-16-8/h5-8H,1-4H2. The van der Waals surface area contributed by atoms with Crippen molar-refractivity contribution in [2.45, 2.75) is 23.3 Å². The van der Waals surface area contributed by atoms with Gasteiger partial charge in [-0.3, -0.25) is 0 Å². The van der Waals surface area contributed by atoms with Crippen molar-refractivity contribution in [2.75, 3.05) is 11.5 Å². The first kappa shape index (κ1) is 13.1. The number of thioether (sulfide) groups is 2. The van der Waals surface area contributed by atoms with E-state index < -0.39 is 0 Å². The van der Waals surface area contributed by atoms with E-state index in [1.807, 2.05) is 23.5 Å². The molecule has 0 bridgehead atoms. The summed E-state index contributed by atoms with van der Waals surface area (Å²) in [5.41, 5.74) is 2.68. The molecular formula is C12H12S4Te. The van der Waals surface area contributed by atoms with Crippen molar-refractivity contribution >= 4 is 78.1 Å². The molecule has 1 aromatic heterocycles. The van der Waals surface area contributed by atoms with E-state index >= 15 is 0 Å². The molecule has 2 unspecified atom stereocenters. The molecule has 0 aliphatic carbocycles. The van der Waals surface area contributed by atoms with Gasteiger partial charge in [-0.15, -0.1) is 0 Å². The van der Waals surface area contributed by atoms with E-state index in [9.17, 15) is 0 Å². The van der Waals surface area contributed by atoms with Gasteiger partial charge < -0.3 is 0 Å². The summed E-state index contributed by atoms with van der Waals surface area (Å²) in [6.45, 7) is 0. The van der Waals surface area contributed by atoms with E-state index in [0.717, 1.165) is 23.3 Å². The summed E-state index contributed by atoms with van der Waals surface area (Å²) < 4.78 is 4.78. The Labute approximate surface area is 131 Å². The monoisotopic (exact) mass is 414 g/mol. The molecule has 0 N–H and O–H groups in total. The van der Waals surface area contributed by atoms with Crippen molar-refractivity contribution in [3.63, 3.8) is 0 Å².